The number of rotatable bonds is 5. The predicted molar refractivity (Wildman–Crippen MR) is 69.1 cm³/mol. The molecule has 2 aliphatic heterocycles. The van der Waals surface area contributed by atoms with Crippen LogP contribution in [0.2, 0.25) is 0 Å². The van der Waals surface area contributed by atoms with Gasteiger partial charge in [-0.25, -0.2) is 0 Å². The summed E-state index contributed by atoms with van der Waals surface area (Å²) in [4.78, 5) is 2.68. The molecule has 2 saturated heterocycles. The van der Waals surface area contributed by atoms with Gasteiger partial charge in [0.2, 0.25) is 0 Å². The number of nitrogens with one attached hydrogen (secondary N) is 1. The molecule has 1 saturated carbocycles. The fraction of sp³-hybridized carbons (Fsp3) is 1.00. The van der Waals surface area contributed by atoms with Crippen LogP contribution in [0.4, 0.5) is 0 Å². The van der Waals surface area contributed by atoms with E-state index in [1.807, 2.05) is 0 Å². The van der Waals surface area contributed by atoms with Crippen molar-refractivity contribution in [1.82, 2.24) is 10.2 Å². The minimum absolute atomic E-state index is 0.810. The highest BCUT2D eigenvalue weighted by molar-refractivity contribution is 4.84. The number of hydrogen-bond donors (Lipinski definition) is 1. The van der Waals surface area contributed by atoms with Crippen LogP contribution in [0.5, 0.6) is 0 Å². The average Bonchev–Trinajstić information content (AvgIpc) is 3.05. The van der Waals surface area contributed by atoms with Crippen molar-refractivity contribution in [1.29, 1.82) is 0 Å². The van der Waals surface area contributed by atoms with Crippen molar-refractivity contribution in [2.75, 3.05) is 39.4 Å². The highest BCUT2D eigenvalue weighted by Gasteiger charge is 2.26. The smallest absolute Gasteiger partial charge is 0.0507 e. The summed E-state index contributed by atoms with van der Waals surface area (Å²) >= 11 is 0. The molecule has 3 rings (SSSR count). The quantitative estimate of drug-likeness (QED) is 0.785. The van der Waals surface area contributed by atoms with Gasteiger partial charge in [0.15, 0.2) is 0 Å². The number of likely N-dealkylation sites (tertiary alicyclic amines) is 1. The number of piperidine rings is 1. The fourth-order valence-corrected chi connectivity index (χ4v) is 3.20. The Kier molecular flexibility index (Phi) is 3.99. The zero-order chi connectivity index (χ0) is 11.5. The summed E-state index contributed by atoms with van der Waals surface area (Å²) in [5, 5.41) is 3.69. The number of nitrogens with zero attached hydrogens (tertiary/aromatic N) is 1. The van der Waals surface area contributed by atoms with E-state index in [0.717, 1.165) is 31.1 Å². The largest absolute Gasteiger partial charge is 0.381 e. The number of hydrogen-bond acceptors (Lipinski definition) is 3. The molecule has 0 aromatic rings. The van der Waals surface area contributed by atoms with Gasteiger partial charge in [0.1, 0.15) is 0 Å². The van der Waals surface area contributed by atoms with Gasteiger partial charge in [-0.2, -0.15) is 0 Å². The summed E-state index contributed by atoms with van der Waals surface area (Å²) in [6.45, 7) is 7.15. The molecular weight excluding hydrogens is 212 g/mol. The Labute approximate surface area is 105 Å². The maximum absolute atomic E-state index is 5.47. The van der Waals surface area contributed by atoms with Gasteiger partial charge < -0.3 is 15.0 Å². The highest BCUT2D eigenvalue weighted by atomic mass is 16.5. The van der Waals surface area contributed by atoms with Crippen LogP contribution in [-0.4, -0.2) is 50.3 Å². The lowest BCUT2D eigenvalue weighted by molar-refractivity contribution is 0.134. The maximum atomic E-state index is 5.47. The van der Waals surface area contributed by atoms with E-state index in [-0.39, 0.29) is 0 Å². The molecule has 3 nitrogen and oxygen atoms in total. The molecule has 1 N–H and O–H groups in total. The monoisotopic (exact) mass is 238 g/mol. The molecule has 0 bridgehead atoms. The zero-order valence-corrected chi connectivity index (χ0v) is 10.9. The first-order chi connectivity index (χ1) is 8.40. The molecule has 17 heavy (non-hydrogen) atoms. The topological polar surface area (TPSA) is 24.5 Å². The Morgan fingerprint density at radius 2 is 2.06 bits per heavy atom. The van der Waals surface area contributed by atoms with Gasteiger partial charge in [-0.3, -0.25) is 0 Å². The van der Waals surface area contributed by atoms with Crippen LogP contribution in [0.3, 0.4) is 0 Å². The van der Waals surface area contributed by atoms with Crippen LogP contribution in [0.15, 0.2) is 0 Å². The molecule has 3 fully saturated rings. The summed E-state index contributed by atoms with van der Waals surface area (Å²) < 4.78 is 5.47. The van der Waals surface area contributed by atoms with Crippen molar-refractivity contribution in [3.05, 3.63) is 0 Å². The average molecular weight is 238 g/mol. The van der Waals surface area contributed by atoms with Gasteiger partial charge in [-0.05, 0) is 57.0 Å². The van der Waals surface area contributed by atoms with Crippen molar-refractivity contribution in [3.63, 3.8) is 0 Å². The minimum atomic E-state index is 0.810. The minimum Gasteiger partial charge on any atom is -0.381 e. The molecule has 98 valence electrons. The van der Waals surface area contributed by atoms with E-state index in [1.54, 1.807) is 0 Å². The van der Waals surface area contributed by atoms with Crippen molar-refractivity contribution < 1.29 is 4.74 Å². The third kappa shape index (κ3) is 3.67. The van der Waals surface area contributed by atoms with E-state index in [4.69, 9.17) is 4.74 Å². The molecule has 3 aliphatic rings. The van der Waals surface area contributed by atoms with E-state index in [1.165, 1.54) is 58.3 Å². The van der Waals surface area contributed by atoms with Crippen LogP contribution >= 0.6 is 0 Å². The fourth-order valence-electron chi connectivity index (χ4n) is 3.20. The first-order valence-electron chi connectivity index (χ1n) is 7.43. The second-order valence-corrected chi connectivity index (χ2v) is 6.18. The van der Waals surface area contributed by atoms with Gasteiger partial charge in [-0.15, -0.1) is 0 Å². The summed E-state index contributed by atoms with van der Waals surface area (Å²) in [6.07, 6.45) is 6.93. The summed E-state index contributed by atoms with van der Waals surface area (Å²) in [5.41, 5.74) is 0. The standard InChI is InChI=1S/C14H26N2O/c1-2-12(8-15-14-3-4-14)9-16(6-1)10-13-5-7-17-11-13/h12-15H,1-11H2. The molecule has 0 aromatic carbocycles. The predicted octanol–water partition coefficient (Wildman–Crippen LogP) is 1.49. The lowest BCUT2D eigenvalue weighted by Gasteiger charge is -2.34. The van der Waals surface area contributed by atoms with Crippen LogP contribution in [0.1, 0.15) is 32.1 Å². The van der Waals surface area contributed by atoms with E-state index in [2.05, 4.69) is 10.2 Å². The third-order valence-electron chi connectivity index (χ3n) is 4.42. The molecule has 2 atom stereocenters. The first kappa shape index (κ1) is 11.9. The van der Waals surface area contributed by atoms with E-state index in [9.17, 15) is 0 Å². The van der Waals surface area contributed by atoms with Gasteiger partial charge in [-0.1, -0.05) is 0 Å². The normalized spacial score (nSPS) is 35.3. The molecule has 1 aliphatic carbocycles. The Morgan fingerprint density at radius 3 is 2.82 bits per heavy atom. The Bertz CT molecular complexity index is 236. The first-order valence-corrected chi connectivity index (χ1v) is 7.43. The molecular formula is C14H26N2O. The Morgan fingerprint density at radius 1 is 1.12 bits per heavy atom. The molecule has 0 aromatic heterocycles. The SMILES string of the molecule is C1CC(CNC2CC2)CN(CC2CCOC2)C1. The Hall–Kier alpha value is -0.120. The van der Waals surface area contributed by atoms with Crippen LogP contribution in [0.25, 0.3) is 0 Å². The molecule has 3 heteroatoms. The van der Waals surface area contributed by atoms with Crippen LogP contribution < -0.4 is 5.32 Å². The Balaban J connectivity index is 1.38. The molecule has 2 heterocycles. The summed E-state index contributed by atoms with van der Waals surface area (Å²) in [5.74, 6) is 1.71. The molecule has 0 amide bonds. The molecule has 2 unspecified atom stereocenters. The lowest BCUT2D eigenvalue weighted by Crippen LogP contribution is -2.42. The molecule has 0 spiro atoms. The van der Waals surface area contributed by atoms with Crippen molar-refractivity contribution in [2.45, 2.75) is 38.1 Å². The number of ether oxygens (including phenoxy) is 1. The van der Waals surface area contributed by atoms with E-state index in [0.29, 0.717) is 0 Å². The van der Waals surface area contributed by atoms with Gasteiger partial charge >= 0.3 is 0 Å². The van der Waals surface area contributed by atoms with Gasteiger partial charge in [0, 0.05) is 25.7 Å². The van der Waals surface area contributed by atoms with E-state index >= 15 is 0 Å². The van der Waals surface area contributed by atoms with Crippen molar-refractivity contribution >= 4 is 0 Å². The summed E-state index contributed by atoms with van der Waals surface area (Å²) in [6, 6.07) is 0.869. The van der Waals surface area contributed by atoms with Crippen LogP contribution in [-0.2, 0) is 4.74 Å². The lowest BCUT2D eigenvalue weighted by atomic mass is 9.96. The maximum Gasteiger partial charge on any atom is 0.0507 e. The second-order valence-electron chi connectivity index (χ2n) is 6.18. The van der Waals surface area contributed by atoms with Gasteiger partial charge in [0.05, 0.1) is 6.61 Å². The zero-order valence-electron chi connectivity index (χ0n) is 10.9. The summed E-state index contributed by atoms with van der Waals surface area (Å²) in [7, 11) is 0. The van der Waals surface area contributed by atoms with E-state index < -0.39 is 0 Å². The van der Waals surface area contributed by atoms with Crippen molar-refractivity contribution in [3.8, 4) is 0 Å². The highest BCUT2D eigenvalue weighted by Crippen LogP contribution is 2.22. The third-order valence-corrected chi connectivity index (χ3v) is 4.42. The van der Waals surface area contributed by atoms with Crippen LogP contribution in [0, 0.1) is 11.8 Å². The second kappa shape index (κ2) is 5.68. The molecule has 0 radical (unpaired) electrons. The van der Waals surface area contributed by atoms with Gasteiger partial charge in [0.25, 0.3) is 0 Å². The van der Waals surface area contributed by atoms with Crippen molar-refractivity contribution in [2.24, 2.45) is 11.8 Å².